The van der Waals surface area contributed by atoms with Gasteiger partial charge < -0.3 is 19.9 Å². The number of nitrogens with zero attached hydrogens (tertiary/aromatic N) is 2. The van der Waals surface area contributed by atoms with Crippen LogP contribution in [0.3, 0.4) is 0 Å². The molecule has 1 heterocycles. The van der Waals surface area contributed by atoms with Gasteiger partial charge in [0.15, 0.2) is 11.5 Å². The molecule has 2 aromatic rings. The van der Waals surface area contributed by atoms with Gasteiger partial charge in [0.25, 0.3) is 0 Å². The van der Waals surface area contributed by atoms with Gasteiger partial charge in [-0.15, -0.1) is 0 Å². The number of ether oxygens (including phenoxy) is 3. The lowest BCUT2D eigenvalue weighted by Crippen LogP contribution is -2.07. The maximum atomic E-state index is 5.95. The number of nitrogen functional groups attached to an aromatic ring is 1. The Morgan fingerprint density at radius 2 is 1.75 bits per heavy atom. The lowest BCUT2D eigenvalue weighted by Gasteiger charge is -2.14. The fourth-order valence-corrected chi connectivity index (χ4v) is 2.30. The lowest BCUT2D eigenvalue weighted by atomic mass is 10.2. The molecule has 2 N–H and O–H groups in total. The molecule has 2 rings (SSSR count). The summed E-state index contributed by atoms with van der Waals surface area (Å²) >= 11 is 2.15. The van der Waals surface area contributed by atoms with Gasteiger partial charge in [0, 0.05) is 0 Å². The molecule has 0 aliphatic rings. The molecule has 0 spiro atoms. The van der Waals surface area contributed by atoms with E-state index in [1.54, 1.807) is 32.2 Å². The summed E-state index contributed by atoms with van der Waals surface area (Å²) in [6.07, 6.45) is 1.73. The van der Waals surface area contributed by atoms with Crippen molar-refractivity contribution < 1.29 is 14.2 Å². The predicted molar refractivity (Wildman–Crippen MR) is 84.6 cm³/mol. The molecule has 7 heteroatoms. The third-order valence-corrected chi connectivity index (χ3v) is 3.72. The molecule has 1 aromatic carbocycles. The van der Waals surface area contributed by atoms with E-state index in [0.29, 0.717) is 29.6 Å². The number of rotatable bonds is 5. The zero-order valence-electron chi connectivity index (χ0n) is 11.5. The topological polar surface area (TPSA) is 71.5 Å². The van der Waals surface area contributed by atoms with Crippen molar-refractivity contribution in [1.29, 1.82) is 0 Å². The van der Waals surface area contributed by atoms with Gasteiger partial charge >= 0.3 is 0 Å². The fourth-order valence-electron chi connectivity index (χ4n) is 1.90. The van der Waals surface area contributed by atoms with Gasteiger partial charge in [0.2, 0.25) is 5.75 Å². The van der Waals surface area contributed by atoms with Crippen LogP contribution in [0.1, 0.15) is 5.56 Å². The molecule has 0 unspecified atom stereocenters. The summed E-state index contributed by atoms with van der Waals surface area (Å²) in [6.45, 7) is 0.533. The minimum atomic E-state index is 0.533. The van der Waals surface area contributed by atoms with Gasteiger partial charge in [-0.1, -0.05) is 0 Å². The van der Waals surface area contributed by atoms with Crippen LogP contribution in [0.15, 0.2) is 18.3 Å². The summed E-state index contributed by atoms with van der Waals surface area (Å²) in [6, 6.07) is 3.77. The Bertz CT molecular complexity index is 588. The highest BCUT2D eigenvalue weighted by Crippen LogP contribution is 2.38. The summed E-state index contributed by atoms with van der Waals surface area (Å²) in [5, 5.41) is 4.24. The van der Waals surface area contributed by atoms with E-state index < -0.39 is 0 Å². The van der Waals surface area contributed by atoms with E-state index in [2.05, 4.69) is 27.7 Å². The number of hydrogen-bond donors (Lipinski definition) is 1. The summed E-state index contributed by atoms with van der Waals surface area (Å²) < 4.78 is 18.6. The van der Waals surface area contributed by atoms with E-state index in [0.717, 1.165) is 9.13 Å². The third-order valence-electron chi connectivity index (χ3n) is 2.89. The molecule has 6 nitrogen and oxygen atoms in total. The Hall–Kier alpha value is -1.64. The van der Waals surface area contributed by atoms with E-state index in [-0.39, 0.29) is 0 Å². The summed E-state index contributed by atoms with van der Waals surface area (Å²) in [4.78, 5) is 0. The first kappa shape index (κ1) is 14.8. The largest absolute Gasteiger partial charge is 0.493 e. The molecule has 0 amide bonds. The normalized spacial score (nSPS) is 10.4. The van der Waals surface area contributed by atoms with E-state index in [1.165, 1.54) is 0 Å². The standard InChI is InChI=1S/C13H16IN3O3/c1-18-10-4-8(5-11(19-2)12(10)20-3)7-17-13(15)9(14)6-16-17/h4-6H,7,15H2,1-3H3. The van der Waals surface area contributed by atoms with Crippen molar-refractivity contribution in [1.82, 2.24) is 9.78 Å². The molecule has 0 aliphatic heterocycles. The molecule has 0 saturated heterocycles. The van der Waals surface area contributed by atoms with Crippen LogP contribution in [-0.4, -0.2) is 31.1 Å². The minimum Gasteiger partial charge on any atom is -0.493 e. The Morgan fingerprint density at radius 3 is 2.15 bits per heavy atom. The maximum Gasteiger partial charge on any atom is 0.203 e. The van der Waals surface area contributed by atoms with Crippen LogP contribution in [0.4, 0.5) is 5.82 Å². The Balaban J connectivity index is 2.40. The van der Waals surface area contributed by atoms with Gasteiger partial charge in [-0.25, -0.2) is 4.68 Å². The van der Waals surface area contributed by atoms with Crippen molar-refractivity contribution in [2.75, 3.05) is 27.1 Å². The van der Waals surface area contributed by atoms with Crippen LogP contribution in [0.25, 0.3) is 0 Å². The number of anilines is 1. The first-order valence-electron chi connectivity index (χ1n) is 5.86. The average Bonchev–Trinajstić information content (AvgIpc) is 2.78. The maximum absolute atomic E-state index is 5.95. The van der Waals surface area contributed by atoms with Crippen LogP contribution in [0.2, 0.25) is 0 Å². The van der Waals surface area contributed by atoms with Gasteiger partial charge in [-0.2, -0.15) is 5.10 Å². The Labute approximate surface area is 130 Å². The highest BCUT2D eigenvalue weighted by molar-refractivity contribution is 14.1. The SMILES string of the molecule is COc1cc(Cn2ncc(I)c2N)cc(OC)c1OC. The molecule has 108 valence electrons. The third kappa shape index (κ3) is 2.77. The number of benzene rings is 1. The van der Waals surface area contributed by atoms with Crippen LogP contribution < -0.4 is 19.9 Å². The van der Waals surface area contributed by atoms with Crippen molar-refractivity contribution in [3.8, 4) is 17.2 Å². The highest BCUT2D eigenvalue weighted by Gasteiger charge is 2.14. The molecular weight excluding hydrogens is 373 g/mol. The first-order valence-corrected chi connectivity index (χ1v) is 6.94. The second-order valence-corrected chi connectivity index (χ2v) is 5.23. The zero-order chi connectivity index (χ0) is 14.7. The van der Waals surface area contributed by atoms with Crippen molar-refractivity contribution in [3.05, 3.63) is 27.5 Å². The molecule has 0 aliphatic carbocycles. The van der Waals surface area contributed by atoms with Crippen molar-refractivity contribution in [2.24, 2.45) is 0 Å². The zero-order valence-corrected chi connectivity index (χ0v) is 13.7. The summed E-state index contributed by atoms with van der Waals surface area (Å²) in [7, 11) is 4.76. The minimum absolute atomic E-state index is 0.533. The van der Waals surface area contributed by atoms with Crippen molar-refractivity contribution in [3.63, 3.8) is 0 Å². The second kappa shape index (κ2) is 6.21. The fraction of sp³-hybridized carbons (Fsp3) is 0.308. The quantitative estimate of drug-likeness (QED) is 0.794. The predicted octanol–water partition coefficient (Wildman–Crippen LogP) is 2.14. The van der Waals surface area contributed by atoms with Crippen LogP contribution in [-0.2, 0) is 6.54 Å². The Kier molecular flexibility index (Phi) is 4.58. The van der Waals surface area contributed by atoms with Crippen LogP contribution >= 0.6 is 22.6 Å². The van der Waals surface area contributed by atoms with Crippen molar-refractivity contribution >= 4 is 28.4 Å². The molecule has 0 fully saturated rings. The summed E-state index contributed by atoms with van der Waals surface area (Å²) in [5.41, 5.74) is 6.92. The molecule has 0 radical (unpaired) electrons. The number of nitrogens with two attached hydrogens (primary N) is 1. The van der Waals surface area contributed by atoms with Crippen LogP contribution in [0.5, 0.6) is 17.2 Å². The van der Waals surface area contributed by atoms with E-state index in [1.807, 2.05) is 12.1 Å². The highest BCUT2D eigenvalue weighted by atomic mass is 127. The number of aromatic nitrogens is 2. The number of halogens is 1. The first-order chi connectivity index (χ1) is 9.60. The lowest BCUT2D eigenvalue weighted by molar-refractivity contribution is 0.323. The number of hydrogen-bond acceptors (Lipinski definition) is 5. The molecular formula is C13H16IN3O3. The van der Waals surface area contributed by atoms with Gasteiger partial charge in [-0.05, 0) is 40.3 Å². The smallest absolute Gasteiger partial charge is 0.203 e. The van der Waals surface area contributed by atoms with Gasteiger partial charge in [0.1, 0.15) is 5.82 Å². The monoisotopic (exact) mass is 389 g/mol. The Morgan fingerprint density at radius 1 is 1.15 bits per heavy atom. The van der Waals surface area contributed by atoms with E-state index in [9.17, 15) is 0 Å². The molecule has 0 bridgehead atoms. The molecule has 0 saturated carbocycles. The van der Waals surface area contributed by atoms with E-state index >= 15 is 0 Å². The summed E-state index contributed by atoms with van der Waals surface area (Å²) in [5.74, 6) is 2.44. The molecule has 0 atom stereocenters. The molecule has 1 aromatic heterocycles. The van der Waals surface area contributed by atoms with Gasteiger partial charge in [-0.3, -0.25) is 0 Å². The van der Waals surface area contributed by atoms with Gasteiger partial charge in [0.05, 0.1) is 37.6 Å². The van der Waals surface area contributed by atoms with Crippen LogP contribution in [0, 0.1) is 3.57 Å². The van der Waals surface area contributed by atoms with Crippen molar-refractivity contribution in [2.45, 2.75) is 6.54 Å². The average molecular weight is 389 g/mol. The number of methoxy groups -OCH3 is 3. The van der Waals surface area contributed by atoms with E-state index in [4.69, 9.17) is 19.9 Å². The molecule has 20 heavy (non-hydrogen) atoms. The second-order valence-electron chi connectivity index (χ2n) is 4.07.